The van der Waals surface area contributed by atoms with Crippen LogP contribution in [0.5, 0.6) is 0 Å². The van der Waals surface area contributed by atoms with Gasteiger partial charge >= 0.3 is 0 Å². The molecule has 6 heteroatoms. The van der Waals surface area contributed by atoms with Crippen LogP contribution in [0.15, 0.2) is 95.9 Å². The number of nitrogens with zero attached hydrogens (tertiary/aromatic N) is 1. The van der Waals surface area contributed by atoms with Gasteiger partial charge < -0.3 is 5.32 Å². The van der Waals surface area contributed by atoms with E-state index in [1.807, 2.05) is 37.3 Å². The number of para-hydroxylation sites is 1. The highest BCUT2D eigenvalue weighted by Gasteiger charge is 2.27. The van der Waals surface area contributed by atoms with E-state index < -0.39 is 10.0 Å². The van der Waals surface area contributed by atoms with Crippen molar-refractivity contribution in [2.45, 2.75) is 24.3 Å². The van der Waals surface area contributed by atoms with E-state index in [1.54, 1.807) is 48.5 Å². The van der Waals surface area contributed by atoms with E-state index in [0.29, 0.717) is 12.1 Å². The van der Waals surface area contributed by atoms with Crippen molar-refractivity contribution in [3.8, 4) is 0 Å². The predicted octanol–water partition coefficient (Wildman–Crippen LogP) is 4.15. The highest BCUT2D eigenvalue weighted by molar-refractivity contribution is 7.92. The molecule has 0 saturated carbocycles. The third-order valence-corrected chi connectivity index (χ3v) is 6.40. The first kappa shape index (κ1) is 20.6. The van der Waals surface area contributed by atoms with Gasteiger partial charge in [-0.3, -0.25) is 9.10 Å². The number of hydrogen-bond acceptors (Lipinski definition) is 3. The Morgan fingerprint density at radius 3 is 1.93 bits per heavy atom. The molecule has 0 radical (unpaired) electrons. The minimum Gasteiger partial charge on any atom is -0.348 e. The lowest BCUT2D eigenvalue weighted by Crippen LogP contribution is -2.42. The lowest BCUT2D eigenvalue weighted by molar-refractivity contribution is -0.120. The SMILES string of the molecule is CC[C@@H](NC(=O)CN(c1ccccc1)S(=O)(=O)c1ccccc1)c1ccccc1. The van der Waals surface area contributed by atoms with Crippen LogP contribution < -0.4 is 9.62 Å². The van der Waals surface area contributed by atoms with Crippen LogP contribution >= 0.6 is 0 Å². The van der Waals surface area contributed by atoms with Crippen molar-refractivity contribution in [1.29, 1.82) is 0 Å². The van der Waals surface area contributed by atoms with Crippen LogP contribution in [-0.4, -0.2) is 20.9 Å². The fourth-order valence-corrected chi connectivity index (χ4v) is 4.55. The van der Waals surface area contributed by atoms with Gasteiger partial charge in [-0.05, 0) is 36.2 Å². The summed E-state index contributed by atoms with van der Waals surface area (Å²) in [5, 5.41) is 2.96. The molecule has 29 heavy (non-hydrogen) atoms. The highest BCUT2D eigenvalue weighted by Crippen LogP contribution is 2.23. The van der Waals surface area contributed by atoms with Crippen molar-refractivity contribution in [3.63, 3.8) is 0 Å². The van der Waals surface area contributed by atoms with Gasteiger partial charge in [-0.25, -0.2) is 8.42 Å². The maximum absolute atomic E-state index is 13.2. The lowest BCUT2D eigenvalue weighted by Gasteiger charge is -2.25. The Balaban J connectivity index is 1.87. The molecule has 0 fully saturated rings. The minimum atomic E-state index is -3.88. The van der Waals surface area contributed by atoms with Gasteiger partial charge in [0.15, 0.2) is 0 Å². The molecule has 0 bridgehead atoms. The largest absolute Gasteiger partial charge is 0.348 e. The van der Waals surface area contributed by atoms with E-state index >= 15 is 0 Å². The van der Waals surface area contributed by atoms with Crippen molar-refractivity contribution in [2.24, 2.45) is 0 Å². The van der Waals surface area contributed by atoms with E-state index in [4.69, 9.17) is 0 Å². The third kappa shape index (κ3) is 5.03. The average Bonchev–Trinajstić information content (AvgIpc) is 2.77. The molecule has 3 aromatic carbocycles. The lowest BCUT2D eigenvalue weighted by atomic mass is 10.0. The van der Waals surface area contributed by atoms with Gasteiger partial charge in [0, 0.05) is 0 Å². The summed E-state index contributed by atoms with van der Waals surface area (Å²) in [7, 11) is -3.88. The standard InChI is InChI=1S/C23H24N2O3S/c1-2-22(19-12-6-3-7-13-19)24-23(26)18-25(20-14-8-4-9-15-20)29(27,28)21-16-10-5-11-17-21/h3-17,22H,2,18H2,1H3,(H,24,26)/t22-/m1/s1. The monoisotopic (exact) mass is 408 g/mol. The van der Waals surface area contributed by atoms with Crippen molar-refractivity contribution in [2.75, 3.05) is 10.8 Å². The molecule has 3 aromatic rings. The molecule has 1 atom stereocenters. The second-order valence-corrected chi connectivity index (χ2v) is 8.46. The molecule has 150 valence electrons. The fraction of sp³-hybridized carbons (Fsp3) is 0.174. The maximum atomic E-state index is 13.2. The fourth-order valence-electron chi connectivity index (χ4n) is 3.11. The molecule has 0 unspecified atom stereocenters. The Kier molecular flexibility index (Phi) is 6.67. The van der Waals surface area contributed by atoms with Crippen molar-refractivity contribution in [1.82, 2.24) is 5.32 Å². The number of sulfonamides is 1. The summed E-state index contributed by atoms with van der Waals surface area (Å²) >= 11 is 0. The van der Waals surface area contributed by atoms with Crippen LogP contribution in [-0.2, 0) is 14.8 Å². The second-order valence-electron chi connectivity index (χ2n) is 6.60. The number of anilines is 1. The number of hydrogen-bond donors (Lipinski definition) is 1. The van der Waals surface area contributed by atoms with E-state index in [-0.39, 0.29) is 23.4 Å². The summed E-state index contributed by atoms with van der Waals surface area (Å²) in [5.74, 6) is -0.357. The summed E-state index contributed by atoms with van der Waals surface area (Å²) in [6, 6.07) is 26.3. The minimum absolute atomic E-state index is 0.145. The van der Waals surface area contributed by atoms with Gasteiger partial charge in [-0.2, -0.15) is 0 Å². The average molecular weight is 409 g/mol. The van der Waals surface area contributed by atoms with E-state index in [1.165, 1.54) is 12.1 Å². The second kappa shape index (κ2) is 9.39. The zero-order valence-electron chi connectivity index (χ0n) is 16.2. The Morgan fingerprint density at radius 1 is 0.862 bits per heavy atom. The van der Waals surface area contributed by atoms with Crippen LogP contribution in [0.2, 0.25) is 0 Å². The summed E-state index contributed by atoms with van der Waals surface area (Å²) < 4.78 is 27.6. The molecule has 0 aliphatic heterocycles. The molecule has 0 saturated heterocycles. The molecule has 3 rings (SSSR count). The number of rotatable bonds is 8. The van der Waals surface area contributed by atoms with Crippen LogP contribution in [0.25, 0.3) is 0 Å². The first-order valence-electron chi connectivity index (χ1n) is 9.49. The zero-order chi connectivity index (χ0) is 20.7. The van der Waals surface area contributed by atoms with E-state index in [0.717, 1.165) is 9.87 Å². The molecular weight excluding hydrogens is 384 g/mol. The molecule has 1 N–H and O–H groups in total. The molecule has 5 nitrogen and oxygen atoms in total. The topological polar surface area (TPSA) is 66.5 Å². The highest BCUT2D eigenvalue weighted by atomic mass is 32.2. The molecule has 1 amide bonds. The van der Waals surface area contributed by atoms with Crippen molar-refractivity contribution < 1.29 is 13.2 Å². The smallest absolute Gasteiger partial charge is 0.264 e. The maximum Gasteiger partial charge on any atom is 0.264 e. The molecule has 0 aliphatic rings. The molecule has 0 heterocycles. The Bertz CT molecular complexity index is 1020. The van der Waals surface area contributed by atoms with Crippen molar-refractivity contribution >= 4 is 21.6 Å². The number of carbonyl (C=O) groups excluding carboxylic acids is 1. The number of nitrogens with one attached hydrogen (secondary N) is 1. The normalized spacial score (nSPS) is 12.2. The van der Waals surface area contributed by atoms with E-state index in [9.17, 15) is 13.2 Å². The number of carbonyl (C=O) groups is 1. The van der Waals surface area contributed by atoms with Gasteiger partial charge in [-0.15, -0.1) is 0 Å². The quantitative estimate of drug-likeness (QED) is 0.609. The van der Waals surface area contributed by atoms with Crippen molar-refractivity contribution in [3.05, 3.63) is 96.6 Å². The van der Waals surface area contributed by atoms with Gasteiger partial charge in [-0.1, -0.05) is 73.7 Å². The Hall–Kier alpha value is -3.12. The van der Waals surface area contributed by atoms with Crippen LogP contribution in [0.1, 0.15) is 24.9 Å². The zero-order valence-corrected chi connectivity index (χ0v) is 17.0. The van der Waals surface area contributed by atoms with Gasteiger partial charge in [0.25, 0.3) is 10.0 Å². The Morgan fingerprint density at radius 2 is 1.38 bits per heavy atom. The van der Waals surface area contributed by atoms with Crippen LogP contribution in [0.4, 0.5) is 5.69 Å². The third-order valence-electron chi connectivity index (χ3n) is 4.61. The summed E-state index contributed by atoms with van der Waals surface area (Å²) in [6.07, 6.45) is 0.701. The molecule has 0 aliphatic carbocycles. The first-order chi connectivity index (χ1) is 14.0. The summed E-state index contributed by atoms with van der Waals surface area (Å²) in [5.41, 5.74) is 1.43. The van der Waals surface area contributed by atoms with Gasteiger partial charge in [0.05, 0.1) is 16.6 Å². The van der Waals surface area contributed by atoms with E-state index in [2.05, 4.69) is 5.32 Å². The Labute approximate surface area is 172 Å². The molecule has 0 spiro atoms. The van der Waals surface area contributed by atoms with Crippen LogP contribution in [0, 0.1) is 0 Å². The number of amides is 1. The van der Waals surface area contributed by atoms with Crippen LogP contribution in [0.3, 0.4) is 0 Å². The number of benzene rings is 3. The van der Waals surface area contributed by atoms with Gasteiger partial charge in [0.2, 0.25) is 5.91 Å². The molecular formula is C23H24N2O3S. The first-order valence-corrected chi connectivity index (χ1v) is 10.9. The summed E-state index contributed by atoms with van der Waals surface area (Å²) in [6.45, 7) is 1.68. The molecule has 0 aromatic heterocycles. The summed E-state index contributed by atoms with van der Waals surface area (Å²) in [4.78, 5) is 13.0. The predicted molar refractivity (Wildman–Crippen MR) is 115 cm³/mol. The van der Waals surface area contributed by atoms with Gasteiger partial charge in [0.1, 0.15) is 6.54 Å².